The number of hydrogen-bond donors (Lipinski definition) is 0. The molecule has 2 spiro atoms. The number of carbonyl (C=O) groups excluding carboxylic acids is 2. The normalized spacial score (nSPS) is 55.1. The van der Waals surface area contributed by atoms with Crippen molar-refractivity contribution < 1.29 is 28.5 Å². The van der Waals surface area contributed by atoms with Gasteiger partial charge in [-0.15, -0.1) is 0 Å². The number of ether oxygens (including phenoxy) is 4. The summed E-state index contributed by atoms with van der Waals surface area (Å²) in [6, 6.07) is 0. The molecule has 3 heterocycles. The van der Waals surface area contributed by atoms with Crippen LogP contribution in [-0.2, 0) is 28.5 Å². The molecule has 26 heavy (non-hydrogen) atoms. The van der Waals surface area contributed by atoms with Crippen LogP contribution in [0.1, 0.15) is 40.5 Å². The second-order valence-electron chi connectivity index (χ2n) is 9.14. The number of epoxide rings is 1. The zero-order chi connectivity index (χ0) is 18.5. The van der Waals surface area contributed by atoms with E-state index < -0.39 is 28.4 Å². The van der Waals surface area contributed by atoms with Gasteiger partial charge in [0.15, 0.2) is 0 Å². The summed E-state index contributed by atoms with van der Waals surface area (Å²) in [5.41, 5.74) is -0.0831. The molecule has 2 aliphatic carbocycles. The van der Waals surface area contributed by atoms with E-state index in [1.807, 2.05) is 0 Å². The lowest BCUT2D eigenvalue weighted by Gasteiger charge is -2.59. The van der Waals surface area contributed by atoms with Gasteiger partial charge in [-0.1, -0.05) is 32.4 Å². The monoisotopic (exact) mass is 362 g/mol. The molecule has 0 aromatic rings. The number of rotatable bonds is 0. The van der Waals surface area contributed by atoms with Crippen LogP contribution in [0, 0.1) is 22.7 Å². The molecule has 142 valence electrons. The van der Waals surface area contributed by atoms with Crippen molar-refractivity contribution in [2.75, 3.05) is 13.2 Å². The Labute approximate surface area is 153 Å². The lowest BCUT2D eigenvalue weighted by atomic mass is 9.50. The Hall–Kier alpha value is -1.40. The molecule has 6 heteroatoms. The lowest BCUT2D eigenvalue weighted by Crippen LogP contribution is -2.67. The second-order valence-corrected chi connectivity index (χ2v) is 9.14. The van der Waals surface area contributed by atoms with Crippen molar-refractivity contribution in [1.29, 1.82) is 0 Å². The van der Waals surface area contributed by atoms with Gasteiger partial charge in [-0.25, -0.2) is 0 Å². The SMILES string of the molecule is CC1=CC2OC3C(C)[C@H]4OC(=O)CC(=O)OCC2(CC1C)[C@]4(C)C31CO1. The summed E-state index contributed by atoms with van der Waals surface area (Å²) in [6.07, 6.45) is 2.06. The molecule has 3 aliphatic heterocycles. The van der Waals surface area contributed by atoms with Crippen molar-refractivity contribution in [2.24, 2.45) is 22.7 Å². The third-order valence-electron chi connectivity index (χ3n) is 8.09. The van der Waals surface area contributed by atoms with Crippen molar-refractivity contribution in [2.45, 2.75) is 64.4 Å². The van der Waals surface area contributed by atoms with Crippen molar-refractivity contribution in [3.63, 3.8) is 0 Å². The van der Waals surface area contributed by atoms with Gasteiger partial charge in [-0.05, 0) is 19.3 Å². The van der Waals surface area contributed by atoms with E-state index in [1.54, 1.807) is 0 Å². The predicted molar refractivity (Wildman–Crippen MR) is 90.0 cm³/mol. The van der Waals surface area contributed by atoms with E-state index in [0.29, 0.717) is 12.5 Å². The molecule has 6 nitrogen and oxygen atoms in total. The molecule has 0 aromatic carbocycles. The van der Waals surface area contributed by atoms with Gasteiger partial charge in [0.05, 0.1) is 24.2 Å². The number of cyclic esters (lactones) is 1. The van der Waals surface area contributed by atoms with Crippen LogP contribution in [0.2, 0.25) is 0 Å². The Morgan fingerprint density at radius 3 is 2.54 bits per heavy atom. The van der Waals surface area contributed by atoms with Crippen molar-refractivity contribution >= 4 is 11.9 Å². The van der Waals surface area contributed by atoms with E-state index in [9.17, 15) is 9.59 Å². The second kappa shape index (κ2) is 4.90. The maximum atomic E-state index is 12.4. The minimum Gasteiger partial charge on any atom is -0.465 e. The van der Waals surface area contributed by atoms with Crippen LogP contribution in [0.5, 0.6) is 0 Å². The molecule has 8 atom stereocenters. The Bertz CT molecular complexity index is 724. The summed E-state index contributed by atoms with van der Waals surface area (Å²) in [5, 5.41) is 0. The molecule has 4 fully saturated rings. The van der Waals surface area contributed by atoms with Crippen LogP contribution in [0.3, 0.4) is 0 Å². The molecule has 0 N–H and O–H groups in total. The first-order valence-corrected chi connectivity index (χ1v) is 9.58. The van der Waals surface area contributed by atoms with E-state index in [1.165, 1.54) is 5.57 Å². The van der Waals surface area contributed by atoms with Gasteiger partial charge in [0.2, 0.25) is 0 Å². The molecule has 0 radical (unpaired) electrons. The molecule has 5 aliphatic rings. The average Bonchev–Trinajstić information content (AvgIpc) is 3.35. The lowest BCUT2D eigenvalue weighted by molar-refractivity contribution is -0.233. The zero-order valence-electron chi connectivity index (χ0n) is 15.7. The zero-order valence-corrected chi connectivity index (χ0v) is 15.7. The number of carbonyl (C=O) groups is 2. The fraction of sp³-hybridized carbons (Fsp3) is 0.800. The fourth-order valence-corrected chi connectivity index (χ4v) is 6.42. The molecule has 1 saturated carbocycles. The number of hydrogen-bond acceptors (Lipinski definition) is 6. The van der Waals surface area contributed by atoms with Gasteiger partial charge >= 0.3 is 11.9 Å². The van der Waals surface area contributed by atoms with Crippen molar-refractivity contribution in [3.8, 4) is 0 Å². The van der Waals surface area contributed by atoms with Crippen LogP contribution < -0.4 is 0 Å². The Kier molecular flexibility index (Phi) is 3.16. The van der Waals surface area contributed by atoms with Crippen LogP contribution in [-0.4, -0.2) is 49.1 Å². The third-order valence-corrected chi connectivity index (χ3v) is 8.09. The van der Waals surface area contributed by atoms with E-state index in [4.69, 9.17) is 18.9 Å². The first-order chi connectivity index (χ1) is 12.2. The summed E-state index contributed by atoms with van der Waals surface area (Å²) in [6.45, 7) is 9.41. The average molecular weight is 362 g/mol. The maximum absolute atomic E-state index is 12.4. The first-order valence-electron chi connectivity index (χ1n) is 9.58. The number of allylic oxidation sites excluding steroid dienone is 1. The van der Waals surface area contributed by atoms with Gasteiger partial charge in [0.25, 0.3) is 0 Å². The predicted octanol–water partition coefficient (Wildman–Crippen LogP) is 2.01. The topological polar surface area (TPSA) is 74.4 Å². The summed E-state index contributed by atoms with van der Waals surface area (Å²) in [7, 11) is 0. The summed E-state index contributed by atoms with van der Waals surface area (Å²) in [5.74, 6) is -0.691. The van der Waals surface area contributed by atoms with Crippen molar-refractivity contribution in [1.82, 2.24) is 0 Å². The molecule has 3 saturated heterocycles. The minimum absolute atomic E-state index is 0.00568. The van der Waals surface area contributed by atoms with Gasteiger partial charge in [-0.3, -0.25) is 9.59 Å². The molecule has 5 rings (SSSR count). The van der Waals surface area contributed by atoms with E-state index in [2.05, 4.69) is 33.8 Å². The van der Waals surface area contributed by atoms with Gasteiger partial charge < -0.3 is 18.9 Å². The molecular formula is C20H26O6. The standard InChI is InChI=1S/C20H26O6/c1-10-5-13-19(7-11(10)2)8-23-14(21)6-15(22)26-16-12(3)17(25-13)20(9-24-20)18(16,19)4/h5,11-13,16-17H,6-9H2,1-4H3/t11?,12?,13?,16-,17?,18-,19?,20?/m1/s1. The largest absolute Gasteiger partial charge is 0.465 e. The van der Waals surface area contributed by atoms with E-state index >= 15 is 0 Å². The van der Waals surface area contributed by atoms with Crippen LogP contribution >= 0.6 is 0 Å². The maximum Gasteiger partial charge on any atom is 0.317 e. The minimum atomic E-state index is -0.522. The van der Waals surface area contributed by atoms with Crippen LogP contribution in [0.4, 0.5) is 0 Å². The highest BCUT2D eigenvalue weighted by atomic mass is 16.6. The summed E-state index contributed by atoms with van der Waals surface area (Å²) >= 11 is 0. The fourth-order valence-electron chi connectivity index (χ4n) is 6.42. The van der Waals surface area contributed by atoms with Gasteiger partial charge in [-0.2, -0.15) is 0 Å². The van der Waals surface area contributed by atoms with E-state index in [-0.39, 0.29) is 37.3 Å². The van der Waals surface area contributed by atoms with Crippen molar-refractivity contribution in [3.05, 3.63) is 11.6 Å². The summed E-state index contributed by atoms with van der Waals surface area (Å²) < 4.78 is 24.2. The van der Waals surface area contributed by atoms with Gasteiger partial charge in [0, 0.05) is 11.3 Å². The third kappa shape index (κ3) is 1.71. The Morgan fingerprint density at radius 2 is 1.85 bits per heavy atom. The molecular weight excluding hydrogens is 336 g/mol. The highest BCUT2D eigenvalue weighted by molar-refractivity contribution is 5.91. The highest BCUT2D eigenvalue weighted by Gasteiger charge is 2.85. The molecule has 0 aromatic heterocycles. The molecule has 6 unspecified atom stereocenters. The van der Waals surface area contributed by atoms with E-state index in [0.717, 1.165) is 6.42 Å². The summed E-state index contributed by atoms with van der Waals surface area (Å²) in [4.78, 5) is 24.5. The molecule has 0 amide bonds. The molecule has 2 bridgehead atoms. The quantitative estimate of drug-likeness (QED) is 0.284. The Balaban J connectivity index is 1.73. The smallest absolute Gasteiger partial charge is 0.317 e. The van der Waals surface area contributed by atoms with Crippen LogP contribution in [0.25, 0.3) is 0 Å². The number of esters is 2. The highest BCUT2D eigenvalue weighted by Crippen LogP contribution is 2.73. The Morgan fingerprint density at radius 1 is 1.12 bits per heavy atom. The van der Waals surface area contributed by atoms with Gasteiger partial charge in [0.1, 0.15) is 24.7 Å². The first kappa shape index (κ1) is 16.8. The van der Waals surface area contributed by atoms with Crippen LogP contribution in [0.15, 0.2) is 11.6 Å².